The number of aryl methyl sites for hydroxylation is 1. The van der Waals surface area contributed by atoms with Crippen LogP contribution in [0, 0.1) is 11.8 Å². The lowest BCUT2D eigenvalue weighted by atomic mass is 9.99. The highest BCUT2D eigenvalue weighted by Crippen LogP contribution is 2.22. The van der Waals surface area contributed by atoms with Gasteiger partial charge in [-0.3, -0.25) is 4.79 Å². The Morgan fingerprint density at radius 1 is 1.29 bits per heavy atom. The van der Waals surface area contributed by atoms with Crippen LogP contribution >= 0.6 is 0 Å². The minimum atomic E-state index is -0.818. The van der Waals surface area contributed by atoms with Gasteiger partial charge in [0.15, 0.2) is 0 Å². The summed E-state index contributed by atoms with van der Waals surface area (Å²) in [6.45, 7) is 3.31. The van der Waals surface area contributed by atoms with Crippen LogP contribution in [0.2, 0.25) is 0 Å². The number of likely N-dealkylation sites (tertiary alicyclic amines) is 1. The first-order chi connectivity index (χ1) is 10.1. The van der Waals surface area contributed by atoms with Gasteiger partial charge in [-0.25, -0.2) is 4.79 Å². The van der Waals surface area contributed by atoms with Crippen molar-refractivity contribution in [1.29, 1.82) is 0 Å². The minimum absolute atomic E-state index is 0.0116. The molecule has 1 saturated heterocycles. The number of carbonyl (C=O) groups is 2. The zero-order valence-corrected chi connectivity index (χ0v) is 12.3. The number of nitrogens with zero attached hydrogens (tertiary/aromatic N) is 1. The fourth-order valence-electron chi connectivity index (χ4n) is 2.70. The van der Waals surface area contributed by atoms with Gasteiger partial charge in [0, 0.05) is 19.6 Å². The van der Waals surface area contributed by atoms with Crippen LogP contribution in [0.1, 0.15) is 18.9 Å². The molecular formula is C16H22N2O3. The molecule has 2 N–H and O–H groups in total. The van der Waals surface area contributed by atoms with E-state index in [1.807, 2.05) is 25.1 Å². The van der Waals surface area contributed by atoms with E-state index in [9.17, 15) is 9.59 Å². The minimum Gasteiger partial charge on any atom is -0.481 e. The molecule has 5 nitrogen and oxygen atoms in total. The van der Waals surface area contributed by atoms with E-state index in [1.54, 1.807) is 4.90 Å². The molecule has 21 heavy (non-hydrogen) atoms. The van der Waals surface area contributed by atoms with Crippen LogP contribution < -0.4 is 5.32 Å². The van der Waals surface area contributed by atoms with Crippen molar-refractivity contribution in [3.63, 3.8) is 0 Å². The van der Waals surface area contributed by atoms with Crippen LogP contribution in [-0.2, 0) is 11.2 Å². The molecule has 1 aliphatic rings. The van der Waals surface area contributed by atoms with E-state index >= 15 is 0 Å². The largest absolute Gasteiger partial charge is 0.481 e. The molecular weight excluding hydrogens is 268 g/mol. The maximum absolute atomic E-state index is 12.0. The van der Waals surface area contributed by atoms with Crippen LogP contribution in [0.15, 0.2) is 30.3 Å². The first-order valence-corrected chi connectivity index (χ1v) is 7.37. The quantitative estimate of drug-likeness (QED) is 0.815. The van der Waals surface area contributed by atoms with Gasteiger partial charge in [-0.15, -0.1) is 0 Å². The second-order valence-corrected chi connectivity index (χ2v) is 5.65. The summed E-state index contributed by atoms with van der Waals surface area (Å²) >= 11 is 0. The zero-order chi connectivity index (χ0) is 15.2. The van der Waals surface area contributed by atoms with E-state index in [1.165, 1.54) is 5.56 Å². The van der Waals surface area contributed by atoms with Crippen molar-refractivity contribution in [2.75, 3.05) is 19.6 Å². The molecule has 1 aromatic carbocycles. The lowest BCUT2D eigenvalue weighted by molar-refractivity contribution is -0.142. The third-order valence-electron chi connectivity index (χ3n) is 3.98. The zero-order valence-electron chi connectivity index (χ0n) is 12.3. The van der Waals surface area contributed by atoms with Gasteiger partial charge in [0.2, 0.25) is 0 Å². The molecule has 114 valence electrons. The predicted octanol–water partition coefficient (Wildman–Crippen LogP) is 1.98. The topological polar surface area (TPSA) is 69.6 Å². The van der Waals surface area contributed by atoms with Gasteiger partial charge in [0.1, 0.15) is 0 Å². The van der Waals surface area contributed by atoms with Crippen molar-refractivity contribution in [3.8, 4) is 0 Å². The standard InChI is InChI=1S/C16H22N2O3/c1-12-10-18(11-14(12)15(19)20)16(21)17-9-5-8-13-6-3-2-4-7-13/h2-4,6-7,12,14H,5,8-11H2,1H3,(H,17,21)(H,19,20). The summed E-state index contributed by atoms with van der Waals surface area (Å²) in [6, 6.07) is 9.98. The van der Waals surface area contributed by atoms with E-state index in [4.69, 9.17) is 5.11 Å². The molecule has 5 heteroatoms. The predicted molar refractivity (Wildman–Crippen MR) is 80.0 cm³/mol. The Hall–Kier alpha value is -2.04. The maximum atomic E-state index is 12.0. The van der Waals surface area contributed by atoms with E-state index in [-0.39, 0.29) is 11.9 Å². The van der Waals surface area contributed by atoms with Crippen LogP contribution in [0.3, 0.4) is 0 Å². The number of carboxylic acids is 1. The summed E-state index contributed by atoms with van der Waals surface area (Å²) in [5, 5.41) is 11.9. The molecule has 2 unspecified atom stereocenters. The fourth-order valence-corrected chi connectivity index (χ4v) is 2.70. The number of hydrogen-bond acceptors (Lipinski definition) is 2. The van der Waals surface area contributed by atoms with Crippen LogP contribution in [0.4, 0.5) is 4.79 Å². The third kappa shape index (κ3) is 4.21. The molecule has 2 atom stereocenters. The molecule has 1 fully saturated rings. The molecule has 0 spiro atoms. The second kappa shape index (κ2) is 7.11. The van der Waals surface area contributed by atoms with Crippen molar-refractivity contribution in [3.05, 3.63) is 35.9 Å². The lowest BCUT2D eigenvalue weighted by Gasteiger charge is -2.16. The van der Waals surface area contributed by atoms with Crippen molar-refractivity contribution >= 4 is 12.0 Å². The summed E-state index contributed by atoms with van der Waals surface area (Å²) in [5.41, 5.74) is 1.26. The number of urea groups is 1. The molecule has 2 amide bonds. The normalized spacial score (nSPS) is 21.3. The molecule has 1 aliphatic heterocycles. The Balaban J connectivity index is 1.69. The molecule has 1 aromatic rings. The van der Waals surface area contributed by atoms with Gasteiger partial charge in [-0.1, -0.05) is 37.3 Å². The lowest BCUT2D eigenvalue weighted by Crippen LogP contribution is -2.39. The van der Waals surface area contributed by atoms with Crippen LogP contribution in [0.25, 0.3) is 0 Å². The number of carboxylic acid groups (broad SMARTS) is 1. The average Bonchev–Trinajstić information content (AvgIpc) is 2.87. The number of aliphatic carboxylic acids is 1. The van der Waals surface area contributed by atoms with E-state index in [0.717, 1.165) is 12.8 Å². The SMILES string of the molecule is CC1CN(C(=O)NCCCc2ccccc2)CC1C(=O)O. The van der Waals surface area contributed by atoms with E-state index < -0.39 is 11.9 Å². The van der Waals surface area contributed by atoms with Crippen LogP contribution in [0.5, 0.6) is 0 Å². The first-order valence-electron chi connectivity index (χ1n) is 7.37. The molecule has 0 radical (unpaired) electrons. The van der Waals surface area contributed by atoms with Gasteiger partial charge in [-0.05, 0) is 24.3 Å². The van der Waals surface area contributed by atoms with Crippen LogP contribution in [-0.4, -0.2) is 41.6 Å². The Kier molecular flexibility index (Phi) is 5.20. The Morgan fingerprint density at radius 2 is 2.00 bits per heavy atom. The Morgan fingerprint density at radius 3 is 2.62 bits per heavy atom. The number of nitrogens with one attached hydrogen (secondary N) is 1. The number of rotatable bonds is 5. The first kappa shape index (κ1) is 15.4. The molecule has 1 heterocycles. The molecule has 0 saturated carbocycles. The van der Waals surface area contributed by atoms with Gasteiger partial charge < -0.3 is 15.3 Å². The van der Waals surface area contributed by atoms with Crippen molar-refractivity contribution in [2.24, 2.45) is 11.8 Å². The number of carbonyl (C=O) groups excluding carboxylic acids is 1. The summed E-state index contributed by atoms with van der Waals surface area (Å²) < 4.78 is 0. The average molecular weight is 290 g/mol. The van der Waals surface area contributed by atoms with Gasteiger partial charge in [0.05, 0.1) is 5.92 Å². The van der Waals surface area contributed by atoms with Gasteiger partial charge in [-0.2, -0.15) is 0 Å². The van der Waals surface area contributed by atoms with E-state index in [2.05, 4.69) is 17.4 Å². The van der Waals surface area contributed by atoms with Gasteiger partial charge >= 0.3 is 12.0 Å². The van der Waals surface area contributed by atoms with Gasteiger partial charge in [0.25, 0.3) is 0 Å². The molecule has 2 rings (SSSR count). The molecule has 0 aliphatic carbocycles. The van der Waals surface area contributed by atoms with E-state index in [0.29, 0.717) is 19.6 Å². The number of benzene rings is 1. The summed E-state index contributed by atoms with van der Waals surface area (Å²) in [6.07, 6.45) is 1.80. The monoisotopic (exact) mass is 290 g/mol. The fraction of sp³-hybridized carbons (Fsp3) is 0.500. The second-order valence-electron chi connectivity index (χ2n) is 5.65. The number of hydrogen-bond donors (Lipinski definition) is 2. The Labute approximate surface area is 125 Å². The Bertz CT molecular complexity index is 490. The highest BCUT2D eigenvalue weighted by molar-refractivity contribution is 5.77. The third-order valence-corrected chi connectivity index (χ3v) is 3.98. The number of amides is 2. The highest BCUT2D eigenvalue weighted by atomic mass is 16.4. The van der Waals surface area contributed by atoms with Crippen molar-refractivity contribution < 1.29 is 14.7 Å². The highest BCUT2D eigenvalue weighted by Gasteiger charge is 2.36. The molecule has 0 bridgehead atoms. The van der Waals surface area contributed by atoms with Crippen molar-refractivity contribution in [2.45, 2.75) is 19.8 Å². The summed E-state index contributed by atoms with van der Waals surface area (Å²) in [4.78, 5) is 24.6. The maximum Gasteiger partial charge on any atom is 0.317 e. The summed E-state index contributed by atoms with van der Waals surface area (Å²) in [5.74, 6) is -1.25. The van der Waals surface area contributed by atoms with Crippen molar-refractivity contribution in [1.82, 2.24) is 10.2 Å². The smallest absolute Gasteiger partial charge is 0.317 e. The summed E-state index contributed by atoms with van der Waals surface area (Å²) in [7, 11) is 0. The molecule has 0 aromatic heterocycles.